The van der Waals surface area contributed by atoms with Crippen LogP contribution >= 0.6 is 0 Å². The Morgan fingerprint density at radius 2 is 1.86 bits per heavy atom. The van der Waals surface area contributed by atoms with E-state index in [2.05, 4.69) is 10.2 Å². The fourth-order valence-electron chi connectivity index (χ4n) is 5.67. The number of benzene rings is 1. The average molecular weight is 582 g/mol. The molecule has 1 saturated carbocycles. The number of nitrogens with one attached hydrogen (secondary N) is 1. The number of hydrogen-bond acceptors (Lipinski definition) is 7. The number of nitriles is 1. The van der Waals surface area contributed by atoms with Crippen LogP contribution in [0.15, 0.2) is 34.9 Å². The summed E-state index contributed by atoms with van der Waals surface area (Å²) in [4.78, 5) is 42.5. The number of ether oxygens (including phenoxy) is 1. The van der Waals surface area contributed by atoms with Crippen LogP contribution in [0.2, 0.25) is 0 Å². The van der Waals surface area contributed by atoms with Crippen molar-refractivity contribution in [3.05, 3.63) is 47.5 Å². The highest BCUT2D eigenvalue weighted by Gasteiger charge is 2.52. The summed E-state index contributed by atoms with van der Waals surface area (Å²) in [5, 5.41) is 11.1. The van der Waals surface area contributed by atoms with Crippen LogP contribution in [-0.4, -0.2) is 90.1 Å². The molecule has 2 aromatic rings. The van der Waals surface area contributed by atoms with E-state index in [1.165, 1.54) is 12.3 Å². The second kappa shape index (κ2) is 12.9. The van der Waals surface area contributed by atoms with E-state index >= 15 is 0 Å². The van der Waals surface area contributed by atoms with Gasteiger partial charge in [0.2, 0.25) is 5.91 Å². The minimum atomic E-state index is -0.577. The fraction of sp³-hybridized carbons (Fsp3) is 0.548. The van der Waals surface area contributed by atoms with Crippen molar-refractivity contribution >= 4 is 17.9 Å². The number of likely N-dealkylation sites (N-methyl/N-ethyl adjacent to an activating group) is 1. The van der Waals surface area contributed by atoms with Gasteiger partial charge in [0.25, 0.3) is 5.91 Å². The second-order valence-corrected chi connectivity index (χ2v) is 12.2. The van der Waals surface area contributed by atoms with E-state index in [-0.39, 0.29) is 36.1 Å². The maximum absolute atomic E-state index is 13.6. The number of fused-ring (bicyclic) bond motifs is 2. The minimum absolute atomic E-state index is 0.0318. The first-order valence-electron chi connectivity index (χ1n) is 14.4. The number of piperidine rings is 1. The third-order valence-corrected chi connectivity index (χ3v) is 7.89. The van der Waals surface area contributed by atoms with Crippen molar-refractivity contribution in [2.75, 3.05) is 39.8 Å². The van der Waals surface area contributed by atoms with Crippen molar-refractivity contribution in [2.24, 2.45) is 5.92 Å². The summed E-state index contributed by atoms with van der Waals surface area (Å²) in [5.74, 6) is 0.142. The van der Waals surface area contributed by atoms with Crippen LogP contribution in [0.5, 0.6) is 0 Å². The van der Waals surface area contributed by atoms with E-state index in [0.29, 0.717) is 22.5 Å². The number of likely N-dealkylation sites (tertiary alicyclic amines) is 1. The summed E-state index contributed by atoms with van der Waals surface area (Å²) in [6, 6.07) is 8.09. The molecule has 42 heavy (non-hydrogen) atoms. The smallest absolute Gasteiger partial charge is 0.411 e. The number of hydrogen-bond donors (Lipinski definition) is 1. The van der Waals surface area contributed by atoms with Gasteiger partial charge in [0.1, 0.15) is 36.0 Å². The molecule has 11 heteroatoms. The summed E-state index contributed by atoms with van der Waals surface area (Å²) < 4.78 is 24.5. The van der Waals surface area contributed by atoms with E-state index in [0.717, 1.165) is 45.4 Å². The number of furan rings is 1. The lowest BCUT2D eigenvalue weighted by atomic mass is 9.98. The van der Waals surface area contributed by atoms with E-state index in [1.807, 2.05) is 38.8 Å². The van der Waals surface area contributed by atoms with Gasteiger partial charge in [-0.2, -0.15) is 5.26 Å². The topological polar surface area (TPSA) is 119 Å². The predicted molar refractivity (Wildman–Crippen MR) is 154 cm³/mol. The predicted octanol–water partition coefficient (Wildman–Crippen LogP) is 4.20. The lowest BCUT2D eigenvalue weighted by molar-refractivity contribution is -0.127. The molecule has 2 saturated heterocycles. The Balaban J connectivity index is 0.000000194. The Kier molecular flexibility index (Phi) is 9.57. The molecule has 3 heterocycles. The Morgan fingerprint density at radius 1 is 1.14 bits per heavy atom. The summed E-state index contributed by atoms with van der Waals surface area (Å²) in [6.07, 6.45) is 3.75. The third-order valence-electron chi connectivity index (χ3n) is 7.89. The van der Waals surface area contributed by atoms with Crippen molar-refractivity contribution in [3.63, 3.8) is 0 Å². The molecule has 1 aromatic carbocycles. The van der Waals surface area contributed by atoms with E-state index in [4.69, 9.17) is 14.4 Å². The molecule has 3 aliphatic rings. The van der Waals surface area contributed by atoms with Gasteiger partial charge in [0.15, 0.2) is 0 Å². The minimum Gasteiger partial charge on any atom is -0.464 e. The Labute approximate surface area is 246 Å². The van der Waals surface area contributed by atoms with Crippen LogP contribution in [0.3, 0.4) is 0 Å². The van der Waals surface area contributed by atoms with Crippen molar-refractivity contribution in [1.29, 1.82) is 5.26 Å². The zero-order valence-electron chi connectivity index (χ0n) is 25.0. The van der Waals surface area contributed by atoms with Gasteiger partial charge in [-0.05, 0) is 77.6 Å². The van der Waals surface area contributed by atoms with Gasteiger partial charge in [-0.1, -0.05) is 12.1 Å². The quantitative estimate of drug-likeness (QED) is 0.538. The van der Waals surface area contributed by atoms with Crippen molar-refractivity contribution in [2.45, 2.75) is 64.6 Å². The van der Waals surface area contributed by atoms with Gasteiger partial charge < -0.3 is 24.3 Å². The molecule has 3 atom stereocenters. The van der Waals surface area contributed by atoms with Crippen molar-refractivity contribution < 1.29 is 27.9 Å². The summed E-state index contributed by atoms with van der Waals surface area (Å²) in [5.41, 5.74) is 1.16. The number of carbonyl (C=O) groups is 3. The highest BCUT2D eigenvalue weighted by atomic mass is 19.1. The standard InChI is InChI=1S/C17H19FN2O2.C14H21N3O3/c1-12-3-4-13(9-15(12)18)16-10-14(11-22-16)17(21)20-7-5-19(2)6-8-20;1-14(2,3)20-13(19)17-10-5-4-9(8-10)11(17)12(18)16-7-6-15/h3-4,9-11H,5-8H2,1-2H3;9-11H,4-5,7-8H2,1-3H3,(H,16,18)/t;9-,10+,11-/m.0/s1. The molecule has 1 aliphatic carbocycles. The van der Waals surface area contributed by atoms with Gasteiger partial charge in [0, 0.05) is 37.8 Å². The van der Waals surface area contributed by atoms with Gasteiger partial charge in [-0.15, -0.1) is 0 Å². The molecule has 5 rings (SSSR count). The number of piperazine rings is 1. The van der Waals surface area contributed by atoms with E-state index in [9.17, 15) is 18.8 Å². The molecular weight excluding hydrogens is 541 g/mol. The third kappa shape index (κ3) is 7.29. The molecule has 3 fully saturated rings. The molecule has 1 N–H and O–H groups in total. The molecule has 2 aliphatic heterocycles. The normalized spacial score (nSPS) is 21.8. The van der Waals surface area contributed by atoms with Gasteiger partial charge >= 0.3 is 6.09 Å². The van der Waals surface area contributed by atoms with Crippen LogP contribution in [0.1, 0.15) is 56.0 Å². The van der Waals surface area contributed by atoms with Crippen molar-refractivity contribution in [1.82, 2.24) is 20.0 Å². The zero-order chi connectivity index (χ0) is 30.6. The Hall–Kier alpha value is -3.91. The Morgan fingerprint density at radius 3 is 2.50 bits per heavy atom. The number of carbonyl (C=O) groups excluding carboxylic acids is 3. The van der Waals surface area contributed by atoms with E-state index in [1.54, 1.807) is 30.0 Å². The van der Waals surface area contributed by atoms with Gasteiger partial charge in [0.05, 0.1) is 11.6 Å². The lowest BCUT2D eigenvalue weighted by Gasteiger charge is -2.35. The van der Waals surface area contributed by atoms with E-state index < -0.39 is 17.7 Å². The first kappa shape index (κ1) is 31.0. The average Bonchev–Trinajstić information content (AvgIpc) is 3.69. The van der Waals surface area contributed by atoms with Crippen LogP contribution in [0, 0.1) is 30.0 Å². The largest absolute Gasteiger partial charge is 0.464 e. The maximum Gasteiger partial charge on any atom is 0.411 e. The first-order valence-corrected chi connectivity index (χ1v) is 14.4. The summed E-state index contributed by atoms with van der Waals surface area (Å²) >= 11 is 0. The van der Waals surface area contributed by atoms with Crippen molar-refractivity contribution in [3.8, 4) is 17.4 Å². The summed E-state index contributed by atoms with van der Waals surface area (Å²) in [6.45, 7) is 10.3. The van der Waals surface area contributed by atoms with Gasteiger partial charge in [-0.25, -0.2) is 9.18 Å². The number of aryl methyl sites for hydroxylation is 1. The fourth-order valence-corrected chi connectivity index (χ4v) is 5.67. The molecular formula is C31H40FN5O5. The van der Waals surface area contributed by atoms with Crippen LogP contribution < -0.4 is 5.32 Å². The lowest BCUT2D eigenvalue weighted by Crippen LogP contribution is -2.53. The number of amides is 3. The monoisotopic (exact) mass is 581 g/mol. The Bertz CT molecular complexity index is 1340. The highest BCUT2D eigenvalue weighted by molar-refractivity contribution is 5.95. The molecule has 2 bridgehead atoms. The molecule has 226 valence electrons. The molecule has 10 nitrogen and oxygen atoms in total. The highest BCUT2D eigenvalue weighted by Crippen LogP contribution is 2.43. The van der Waals surface area contributed by atoms with Gasteiger partial charge in [-0.3, -0.25) is 14.5 Å². The first-order chi connectivity index (χ1) is 19.9. The molecule has 1 aromatic heterocycles. The maximum atomic E-state index is 13.6. The molecule has 3 amide bonds. The molecule has 0 radical (unpaired) electrons. The van der Waals surface area contributed by atoms with Crippen LogP contribution in [0.4, 0.5) is 9.18 Å². The summed E-state index contributed by atoms with van der Waals surface area (Å²) in [7, 11) is 2.05. The number of halogens is 1. The molecule has 0 spiro atoms. The second-order valence-electron chi connectivity index (χ2n) is 12.2. The molecule has 0 unspecified atom stereocenters. The number of nitrogens with zero attached hydrogens (tertiary/aromatic N) is 4. The SMILES string of the molecule is CC(C)(C)OC(=O)N1[C@@H]2CC[C@@H](C2)[C@H]1C(=O)NCC#N.Cc1ccc(-c2cc(C(=O)N3CCN(C)CC3)co2)cc1F. The van der Waals surface area contributed by atoms with Crippen LogP contribution in [-0.2, 0) is 9.53 Å². The zero-order valence-corrected chi connectivity index (χ0v) is 25.0. The van der Waals surface area contributed by atoms with Crippen LogP contribution in [0.25, 0.3) is 11.3 Å². The number of rotatable bonds is 4.